The molecule has 2 aromatic rings. The molecule has 1 heterocycles. The third-order valence-electron chi connectivity index (χ3n) is 5.96. The number of methoxy groups -OCH3 is 1. The molecule has 3 atom stereocenters. The molecule has 1 saturated heterocycles. The lowest BCUT2D eigenvalue weighted by molar-refractivity contribution is 0.0116. The maximum absolute atomic E-state index is 13.3. The molecule has 1 amide bonds. The van der Waals surface area contributed by atoms with Crippen molar-refractivity contribution in [1.29, 1.82) is 0 Å². The van der Waals surface area contributed by atoms with E-state index in [2.05, 4.69) is 36.5 Å². The van der Waals surface area contributed by atoms with Crippen molar-refractivity contribution in [1.82, 2.24) is 10.2 Å². The smallest absolute Gasteiger partial charge is 0.410 e. The van der Waals surface area contributed by atoms with Gasteiger partial charge in [-0.25, -0.2) is 4.79 Å². The van der Waals surface area contributed by atoms with E-state index in [1.165, 1.54) is 5.56 Å². The third kappa shape index (κ3) is 6.23. The summed E-state index contributed by atoms with van der Waals surface area (Å²) in [6.07, 6.45) is 0.747. The molecule has 0 saturated carbocycles. The first-order valence-corrected chi connectivity index (χ1v) is 11.2. The van der Waals surface area contributed by atoms with E-state index in [-0.39, 0.29) is 12.1 Å². The van der Waals surface area contributed by atoms with Crippen LogP contribution in [0, 0.1) is 5.92 Å². The molecule has 0 radical (unpaired) electrons. The minimum absolute atomic E-state index is 0.128. The Hall–Kier alpha value is -2.53. The number of carbonyl (C=O) groups is 1. The number of piperidine rings is 1. The molecular formula is C26H36N2O3. The molecule has 5 nitrogen and oxygen atoms in total. The maximum Gasteiger partial charge on any atom is 0.410 e. The van der Waals surface area contributed by atoms with Crippen LogP contribution in [0.3, 0.4) is 0 Å². The fourth-order valence-corrected chi connectivity index (χ4v) is 4.27. The van der Waals surface area contributed by atoms with Crippen LogP contribution >= 0.6 is 0 Å². The van der Waals surface area contributed by atoms with Gasteiger partial charge in [0.15, 0.2) is 0 Å². The minimum Gasteiger partial charge on any atom is -0.497 e. The highest BCUT2D eigenvalue weighted by atomic mass is 16.6. The highest BCUT2D eigenvalue weighted by Crippen LogP contribution is 2.33. The zero-order valence-electron chi connectivity index (χ0n) is 19.4. The van der Waals surface area contributed by atoms with Crippen LogP contribution < -0.4 is 10.1 Å². The Morgan fingerprint density at radius 1 is 1.16 bits per heavy atom. The monoisotopic (exact) mass is 424 g/mol. The van der Waals surface area contributed by atoms with E-state index in [0.29, 0.717) is 18.4 Å². The van der Waals surface area contributed by atoms with Gasteiger partial charge in [-0.05, 0) is 69.8 Å². The molecule has 31 heavy (non-hydrogen) atoms. The lowest BCUT2D eigenvalue weighted by Gasteiger charge is -2.39. The quantitative estimate of drug-likeness (QED) is 0.676. The molecule has 1 aliphatic rings. The molecule has 3 rings (SSSR count). The number of carbonyl (C=O) groups excluding carboxylic acids is 1. The number of benzene rings is 2. The van der Waals surface area contributed by atoms with Gasteiger partial charge in [0.1, 0.15) is 11.4 Å². The number of rotatable bonds is 6. The summed E-state index contributed by atoms with van der Waals surface area (Å²) in [5, 5.41) is 3.53. The summed E-state index contributed by atoms with van der Waals surface area (Å²) in [5.41, 5.74) is 1.81. The zero-order valence-corrected chi connectivity index (χ0v) is 19.4. The van der Waals surface area contributed by atoms with E-state index in [1.54, 1.807) is 7.11 Å². The number of ether oxygens (including phenoxy) is 2. The maximum atomic E-state index is 13.3. The first-order chi connectivity index (χ1) is 14.8. The Labute approximate surface area is 186 Å². The minimum atomic E-state index is -0.545. The molecule has 0 aliphatic carbocycles. The summed E-state index contributed by atoms with van der Waals surface area (Å²) in [4.78, 5) is 15.2. The van der Waals surface area contributed by atoms with Crippen LogP contribution in [-0.4, -0.2) is 43.3 Å². The Morgan fingerprint density at radius 3 is 2.58 bits per heavy atom. The van der Waals surface area contributed by atoms with Crippen molar-refractivity contribution in [2.75, 3.05) is 26.7 Å². The first kappa shape index (κ1) is 23.1. The molecule has 0 aromatic heterocycles. The van der Waals surface area contributed by atoms with Crippen LogP contribution in [0.4, 0.5) is 4.79 Å². The van der Waals surface area contributed by atoms with Crippen LogP contribution in [-0.2, 0) is 4.74 Å². The number of amides is 1. The second kappa shape index (κ2) is 10.2. The van der Waals surface area contributed by atoms with Gasteiger partial charge >= 0.3 is 6.09 Å². The van der Waals surface area contributed by atoms with Gasteiger partial charge in [0.2, 0.25) is 0 Å². The molecule has 2 unspecified atom stereocenters. The predicted octanol–water partition coefficient (Wildman–Crippen LogP) is 5.39. The van der Waals surface area contributed by atoms with Crippen LogP contribution in [0.2, 0.25) is 0 Å². The SMILES string of the molecule is COc1cccc([C@@H](C)N(CC2CCNCC2c2ccccc2)C(=O)OC(C)(C)C)c1. The average Bonchev–Trinajstić information content (AvgIpc) is 2.76. The average molecular weight is 425 g/mol. The van der Waals surface area contributed by atoms with E-state index >= 15 is 0 Å². The lowest BCUT2D eigenvalue weighted by atomic mass is 9.81. The molecule has 5 heteroatoms. The van der Waals surface area contributed by atoms with Crippen molar-refractivity contribution < 1.29 is 14.3 Å². The number of hydrogen-bond donors (Lipinski definition) is 1. The largest absolute Gasteiger partial charge is 0.497 e. The van der Waals surface area contributed by atoms with Gasteiger partial charge in [0.05, 0.1) is 13.2 Å². The van der Waals surface area contributed by atoms with Crippen LogP contribution in [0.1, 0.15) is 57.2 Å². The molecule has 2 aromatic carbocycles. The van der Waals surface area contributed by atoms with Crippen LogP contribution in [0.25, 0.3) is 0 Å². The summed E-state index contributed by atoms with van der Waals surface area (Å²) < 4.78 is 11.2. The van der Waals surface area contributed by atoms with E-state index < -0.39 is 5.60 Å². The second-order valence-electron chi connectivity index (χ2n) is 9.36. The van der Waals surface area contributed by atoms with Gasteiger partial charge < -0.3 is 19.7 Å². The summed E-state index contributed by atoms with van der Waals surface area (Å²) in [6.45, 7) is 10.3. The van der Waals surface area contributed by atoms with E-state index in [1.807, 2.05) is 56.0 Å². The summed E-state index contributed by atoms with van der Waals surface area (Å²) in [7, 11) is 1.66. The highest BCUT2D eigenvalue weighted by molar-refractivity contribution is 5.69. The Morgan fingerprint density at radius 2 is 1.90 bits per heavy atom. The van der Waals surface area contributed by atoms with Crippen molar-refractivity contribution in [3.05, 3.63) is 65.7 Å². The topological polar surface area (TPSA) is 50.8 Å². The lowest BCUT2D eigenvalue weighted by Crippen LogP contribution is -2.45. The number of nitrogens with one attached hydrogen (secondary N) is 1. The van der Waals surface area contributed by atoms with Gasteiger partial charge in [-0.1, -0.05) is 42.5 Å². The van der Waals surface area contributed by atoms with Crippen LogP contribution in [0.5, 0.6) is 5.75 Å². The van der Waals surface area contributed by atoms with E-state index in [9.17, 15) is 4.79 Å². The fraction of sp³-hybridized carbons (Fsp3) is 0.500. The second-order valence-corrected chi connectivity index (χ2v) is 9.36. The first-order valence-electron chi connectivity index (χ1n) is 11.2. The molecule has 0 bridgehead atoms. The predicted molar refractivity (Wildman–Crippen MR) is 125 cm³/mol. The third-order valence-corrected chi connectivity index (χ3v) is 5.96. The summed E-state index contributed by atoms with van der Waals surface area (Å²) in [5.74, 6) is 1.50. The van der Waals surface area contributed by atoms with Crippen molar-refractivity contribution in [3.8, 4) is 5.75 Å². The van der Waals surface area contributed by atoms with E-state index in [0.717, 1.165) is 30.8 Å². The van der Waals surface area contributed by atoms with Gasteiger partial charge in [-0.3, -0.25) is 0 Å². The molecule has 1 N–H and O–H groups in total. The van der Waals surface area contributed by atoms with E-state index in [4.69, 9.17) is 9.47 Å². The Kier molecular flexibility index (Phi) is 7.60. The standard InChI is InChI=1S/C26H36N2O3/c1-19(21-12-9-13-23(16-21)30-5)28(25(29)31-26(2,3)4)18-22-14-15-27-17-24(22)20-10-7-6-8-11-20/h6-13,16,19,22,24,27H,14-15,17-18H2,1-5H3/t19-,22?,24?/m1/s1. The molecule has 168 valence electrons. The van der Waals surface area contributed by atoms with Crippen molar-refractivity contribution in [2.24, 2.45) is 5.92 Å². The highest BCUT2D eigenvalue weighted by Gasteiger charge is 2.33. The number of nitrogens with zero attached hydrogens (tertiary/aromatic N) is 1. The van der Waals surface area contributed by atoms with Crippen molar-refractivity contribution in [3.63, 3.8) is 0 Å². The Balaban J connectivity index is 1.88. The Bertz CT molecular complexity index is 847. The van der Waals surface area contributed by atoms with Crippen molar-refractivity contribution >= 4 is 6.09 Å². The summed E-state index contributed by atoms with van der Waals surface area (Å²) >= 11 is 0. The summed E-state index contributed by atoms with van der Waals surface area (Å²) in [6, 6.07) is 18.4. The van der Waals surface area contributed by atoms with Gasteiger partial charge in [-0.2, -0.15) is 0 Å². The molecule has 0 spiro atoms. The van der Waals surface area contributed by atoms with Gasteiger partial charge in [-0.15, -0.1) is 0 Å². The fourth-order valence-electron chi connectivity index (χ4n) is 4.27. The van der Waals surface area contributed by atoms with Crippen LogP contribution in [0.15, 0.2) is 54.6 Å². The van der Waals surface area contributed by atoms with Gasteiger partial charge in [0.25, 0.3) is 0 Å². The van der Waals surface area contributed by atoms with Gasteiger partial charge in [0, 0.05) is 19.0 Å². The number of hydrogen-bond acceptors (Lipinski definition) is 4. The van der Waals surface area contributed by atoms with Crippen molar-refractivity contribution in [2.45, 2.75) is 51.7 Å². The normalized spacial score (nSPS) is 20.0. The molecule has 1 fully saturated rings. The molecule has 1 aliphatic heterocycles. The zero-order chi connectivity index (χ0) is 22.4. The molecular weight excluding hydrogens is 388 g/mol.